The van der Waals surface area contributed by atoms with Crippen molar-refractivity contribution in [1.29, 1.82) is 0 Å². The van der Waals surface area contributed by atoms with Crippen LogP contribution in [0.25, 0.3) is 0 Å². The zero-order valence-electron chi connectivity index (χ0n) is 10.3. The van der Waals surface area contributed by atoms with Crippen LogP contribution in [0.3, 0.4) is 0 Å². The molecule has 4 N–H and O–H groups in total. The summed E-state index contributed by atoms with van der Waals surface area (Å²) in [5, 5.41) is 12.0. The molecule has 1 aliphatic carbocycles. The van der Waals surface area contributed by atoms with E-state index in [1.165, 1.54) is 0 Å². The lowest BCUT2D eigenvalue weighted by Crippen LogP contribution is -2.52. The topological polar surface area (TPSA) is 92.4 Å². The number of hydrogen-bond donors (Lipinski definition) is 3. The van der Waals surface area contributed by atoms with E-state index in [9.17, 15) is 14.7 Å². The molecular formula is C13H15BrN2O3. The molecule has 1 aromatic carbocycles. The molecule has 102 valence electrons. The number of amides is 1. The first-order valence-corrected chi connectivity index (χ1v) is 6.85. The van der Waals surface area contributed by atoms with Gasteiger partial charge in [0.05, 0.1) is 5.56 Å². The van der Waals surface area contributed by atoms with Gasteiger partial charge in [0.25, 0.3) is 5.91 Å². The summed E-state index contributed by atoms with van der Waals surface area (Å²) in [6.45, 7) is 0. The minimum absolute atomic E-state index is 0.302. The number of nitrogens with two attached hydrogens (primary N) is 1. The maximum atomic E-state index is 12.2. The Morgan fingerprint density at radius 2 is 1.95 bits per heavy atom. The van der Waals surface area contributed by atoms with Crippen molar-refractivity contribution in [3.05, 3.63) is 28.2 Å². The Kier molecular flexibility index (Phi) is 3.80. The van der Waals surface area contributed by atoms with E-state index in [1.807, 2.05) is 0 Å². The number of hydrogen-bond acceptors (Lipinski definition) is 3. The number of carboxylic acids is 1. The standard InChI is InChI=1S/C13H15BrN2O3/c14-8-3-4-9(10(15)7-8)11(17)16-13(12(18)19)5-1-2-6-13/h3-4,7H,1-2,5-6,15H2,(H,16,17)(H,18,19). The molecule has 1 fully saturated rings. The van der Waals surface area contributed by atoms with Crippen LogP contribution in [0.1, 0.15) is 36.0 Å². The fourth-order valence-electron chi connectivity index (χ4n) is 2.40. The van der Waals surface area contributed by atoms with E-state index < -0.39 is 17.4 Å². The molecule has 0 bridgehead atoms. The van der Waals surface area contributed by atoms with Crippen LogP contribution >= 0.6 is 15.9 Å². The number of rotatable bonds is 3. The van der Waals surface area contributed by atoms with Crippen molar-refractivity contribution in [2.24, 2.45) is 0 Å². The summed E-state index contributed by atoms with van der Waals surface area (Å²) >= 11 is 3.26. The van der Waals surface area contributed by atoms with E-state index in [0.29, 0.717) is 24.1 Å². The first-order valence-electron chi connectivity index (χ1n) is 6.05. The van der Waals surface area contributed by atoms with E-state index in [0.717, 1.165) is 17.3 Å². The van der Waals surface area contributed by atoms with E-state index in [1.54, 1.807) is 18.2 Å². The van der Waals surface area contributed by atoms with Gasteiger partial charge in [-0.15, -0.1) is 0 Å². The van der Waals surface area contributed by atoms with Crippen LogP contribution in [0, 0.1) is 0 Å². The molecule has 0 atom stereocenters. The lowest BCUT2D eigenvalue weighted by atomic mass is 9.97. The monoisotopic (exact) mass is 326 g/mol. The second-order valence-electron chi connectivity index (χ2n) is 4.78. The number of anilines is 1. The van der Waals surface area contributed by atoms with Crippen molar-refractivity contribution in [3.63, 3.8) is 0 Å². The third-order valence-electron chi connectivity index (χ3n) is 3.48. The van der Waals surface area contributed by atoms with Crippen LogP contribution in [0.4, 0.5) is 5.69 Å². The molecule has 19 heavy (non-hydrogen) atoms. The highest BCUT2D eigenvalue weighted by Crippen LogP contribution is 2.30. The quantitative estimate of drug-likeness (QED) is 0.742. The van der Waals surface area contributed by atoms with Gasteiger partial charge >= 0.3 is 5.97 Å². The number of benzene rings is 1. The average Bonchev–Trinajstić information content (AvgIpc) is 2.78. The van der Waals surface area contributed by atoms with E-state index in [2.05, 4.69) is 21.2 Å². The zero-order valence-corrected chi connectivity index (χ0v) is 11.9. The third kappa shape index (κ3) is 2.73. The predicted octanol–water partition coefficient (Wildman–Crippen LogP) is 2.16. The molecule has 0 radical (unpaired) electrons. The van der Waals surface area contributed by atoms with Gasteiger partial charge in [0.2, 0.25) is 0 Å². The molecule has 1 aromatic rings. The van der Waals surface area contributed by atoms with Gasteiger partial charge in [-0.3, -0.25) is 4.79 Å². The minimum Gasteiger partial charge on any atom is -0.480 e. The largest absolute Gasteiger partial charge is 0.480 e. The molecule has 6 heteroatoms. The van der Waals surface area contributed by atoms with Crippen molar-refractivity contribution >= 4 is 33.5 Å². The predicted molar refractivity (Wildman–Crippen MR) is 74.9 cm³/mol. The average molecular weight is 327 g/mol. The maximum Gasteiger partial charge on any atom is 0.329 e. The van der Waals surface area contributed by atoms with Crippen LogP contribution < -0.4 is 11.1 Å². The van der Waals surface area contributed by atoms with Crippen molar-refractivity contribution in [3.8, 4) is 0 Å². The number of carboxylic acid groups (broad SMARTS) is 1. The molecule has 0 aliphatic heterocycles. The Morgan fingerprint density at radius 1 is 1.32 bits per heavy atom. The Morgan fingerprint density at radius 3 is 2.47 bits per heavy atom. The fraction of sp³-hybridized carbons (Fsp3) is 0.385. The smallest absolute Gasteiger partial charge is 0.329 e. The van der Waals surface area contributed by atoms with Gasteiger partial charge in [-0.05, 0) is 31.0 Å². The van der Waals surface area contributed by atoms with Crippen molar-refractivity contribution in [2.75, 3.05) is 5.73 Å². The third-order valence-corrected chi connectivity index (χ3v) is 3.97. The van der Waals surface area contributed by atoms with Gasteiger partial charge in [0, 0.05) is 10.2 Å². The summed E-state index contributed by atoms with van der Waals surface area (Å²) in [6, 6.07) is 4.91. The van der Waals surface area contributed by atoms with Gasteiger partial charge in [-0.25, -0.2) is 4.79 Å². The molecule has 1 aliphatic rings. The Balaban J connectivity index is 2.22. The Bertz CT molecular complexity index is 525. The zero-order chi connectivity index (χ0) is 14.0. The molecule has 0 aromatic heterocycles. The normalized spacial score (nSPS) is 17.1. The van der Waals surface area contributed by atoms with Crippen LogP contribution in [-0.2, 0) is 4.79 Å². The van der Waals surface area contributed by atoms with Crippen LogP contribution in [-0.4, -0.2) is 22.5 Å². The van der Waals surface area contributed by atoms with Gasteiger partial charge < -0.3 is 16.2 Å². The number of aliphatic carboxylic acids is 1. The van der Waals surface area contributed by atoms with Crippen LogP contribution in [0.2, 0.25) is 0 Å². The van der Waals surface area contributed by atoms with Crippen LogP contribution in [0.15, 0.2) is 22.7 Å². The summed E-state index contributed by atoms with van der Waals surface area (Å²) in [6.07, 6.45) is 2.54. The molecule has 1 saturated carbocycles. The number of halogens is 1. The summed E-state index contributed by atoms with van der Waals surface area (Å²) in [7, 11) is 0. The van der Waals surface area contributed by atoms with E-state index >= 15 is 0 Å². The van der Waals surface area contributed by atoms with Gasteiger partial charge in [-0.1, -0.05) is 28.8 Å². The van der Waals surface area contributed by atoms with Crippen LogP contribution in [0.5, 0.6) is 0 Å². The molecule has 5 nitrogen and oxygen atoms in total. The summed E-state index contributed by atoms with van der Waals surface area (Å²) in [4.78, 5) is 23.5. The lowest BCUT2D eigenvalue weighted by Gasteiger charge is -2.25. The SMILES string of the molecule is Nc1cc(Br)ccc1C(=O)NC1(C(=O)O)CCCC1. The van der Waals surface area contributed by atoms with Crippen molar-refractivity contribution in [2.45, 2.75) is 31.2 Å². The highest BCUT2D eigenvalue weighted by molar-refractivity contribution is 9.10. The summed E-state index contributed by atoms with van der Waals surface area (Å²) in [5.41, 5.74) is 5.26. The first-order chi connectivity index (χ1) is 8.94. The highest BCUT2D eigenvalue weighted by atomic mass is 79.9. The molecule has 0 heterocycles. The van der Waals surface area contributed by atoms with Crippen molar-refractivity contribution < 1.29 is 14.7 Å². The molecule has 0 unspecified atom stereocenters. The number of nitrogens with one attached hydrogen (secondary N) is 1. The van der Waals surface area contributed by atoms with Crippen molar-refractivity contribution in [1.82, 2.24) is 5.32 Å². The van der Waals surface area contributed by atoms with E-state index in [4.69, 9.17) is 5.73 Å². The number of carbonyl (C=O) groups excluding carboxylic acids is 1. The second kappa shape index (κ2) is 5.21. The minimum atomic E-state index is -1.14. The number of carbonyl (C=O) groups is 2. The molecule has 2 rings (SSSR count). The summed E-state index contributed by atoms with van der Waals surface area (Å²) < 4.78 is 0.773. The second-order valence-corrected chi connectivity index (χ2v) is 5.70. The molecular weight excluding hydrogens is 312 g/mol. The van der Waals surface area contributed by atoms with Gasteiger partial charge in [0.1, 0.15) is 5.54 Å². The number of nitrogen functional groups attached to an aromatic ring is 1. The van der Waals surface area contributed by atoms with E-state index in [-0.39, 0.29) is 0 Å². The molecule has 1 amide bonds. The molecule has 0 saturated heterocycles. The lowest BCUT2D eigenvalue weighted by molar-refractivity contribution is -0.144. The first kappa shape index (κ1) is 13.9. The highest BCUT2D eigenvalue weighted by Gasteiger charge is 2.42. The Hall–Kier alpha value is -1.56. The van der Waals surface area contributed by atoms with Gasteiger partial charge in [0.15, 0.2) is 0 Å². The maximum absolute atomic E-state index is 12.2. The molecule has 0 spiro atoms. The van der Waals surface area contributed by atoms with Gasteiger partial charge in [-0.2, -0.15) is 0 Å². The summed E-state index contributed by atoms with van der Waals surface area (Å²) in [5.74, 6) is -1.41. The fourth-order valence-corrected chi connectivity index (χ4v) is 2.77. The Labute approximate surface area is 119 Å².